The van der Waals surface area contributed by atoms with Gasteiger partial charge >= 0.3 is 0 Å². The maximum absolute atomic E-state index is 15.4. The van der Waals surface area contributed by atoms with Crippen LogP contribution in [0, 0.1) is 17.2 Å². The van der Waals surface area contributed by atoms with Crippen LogP contribution in [0.2, 0.25) is 0 Å². The van der Waals surface area contributed by atoms with Crippen LogP contribution < -0.4 is 21.3 Å². The molecule has 5 N–H and O–H groups in total. The first kappa shape index (κ1) is 36.1. The number of methoxy groups -OCH3 is 1. The van der Waals surface area contributed by atoms with Crippen molar-refractivity contribution in [3.8, 4) is 0 Å². The van der Waals surface area contributed by atoms with Crippen molar-refractivity contribution in [2.75, 3.05) is 51.3 Å². The number of ether oxygens (including phenoxy) is 1. The summed E-state index contributed by atoms with van der Waals surface area (Å²) in [7, 11) is 1.55. The highest BCUT2D eigenvalue weighted by Crippen LogP contribution is 2.64. The molecule has 1 aromatic carbocycles. The number of rotatable bonds is 10. The van der Waals surface area contributed by atoms with Gasteiger partial charge in [-0.1, -0.05) is 18.2 Å². The predicted octanol–water partition coefficient (Wildman–Crippen LogP) is 2.21. The number of nitrogens with two attached hydrogens (primary N) is 1. The SMILES string of the molecule is COC1=CC=CC(N)(C(=O)NC2(CCO)CC3(CN(CC4CCN(c5ccc(C6CCC(=O)NC6=O)cc5F)CC4)C3)C2c2ncc3nccnc3n2)C1. The number of imide groups is 1. The minimum absolute atomic E-state index is 0.139. The molecule has 5 heterocycles. The van der Waals surface area contributed by atoms with E-state index in [1.54, 1.807) is 56.1 Å². The number of carbonyl (C=O) groups excluding carboxylic acids is 3. The second kappa shape index (κ2) is 14.1. The molecule has 1 saturated carbocycles. The lowest BCUT2D eigenvalue weighted by Crippen LogP contribution is -2.78. The zero-order valence-corrected chi connectivity index (χ0v) is 30.3. The average molecular weight is 740 g/mol. The van der Waals surface area contributed by atoms with Gasteiger partial charge in [0.05, 0.1) is 42.1 Å². The zero-order valence-electron chi connectivity index (χ0n) is 30.3. The molecule has 54 heavy (non-hydrogen) atoms. The Balaban J connectivity index is 0.945. The van der Waals surface area contributed by atoms with E-state index in [9.17, 15) is 19.5 Å². The number of allylic oxidation sites excluding steroid dienone is 2. The van der Waals surface area contributed by atoms with Crippen LogP contribution in [0.25, 0.3) is 11.2 Å². The summed E-state index contributed by atoms with van der Waals surface area (Å²) in [6.07, 6.45) is 13.7. The third-order valence-corrected chi connectivity index (χ3v) is 12.2. The molecule has 2 aromatic heterocycles. The Morgan fingerprint density at radius 2 is 1.94 bits per heavy atom. The summed E-state index contributed by atoms with van der Waals surface area (Å²) in [6, 6.07) is 5.00. The van der Waals surface area contributed by atoms with Gasteiger partial charge in [-0.3, -0.25) is 19.7 Å². The van der Waals surface area contributed by atoms with Gasteiger partial charge in [0.15, 0.2) is 5.65 Å². The molecule has 3 saturated heterocycles. The topological polar surface area (TPSA) is 189 Å². The number of aliphatic hydroxyl groups excluding tert-OH is 1. The second-order valence-corrected chi connectivity index (χ2v) is 15.8. The van der Waals surface area contributed by atoms with E-state index in [1.807, 2.05) is 0 Å². The van der Waals surface area contributed by atoms with Crippen LogP contribution in [0.4, 0.5) is 10.1 Å². The van der Waals surface area contributed by atoms with E-state index in [2.05, 4.69) is 30.4 Å². The number of nitrogens with one attached hydrogen (secondary N) is 2. The highest BCUT2D eigenvalue weighted by molar-refractivity contribution is 6.01. The number of benzene rings is 1. The van der Waals surface area contributed by atoms with Crippen LogP contribution in [0.15, 0.2) is 60.8 Å². The van der Waals surface area contributed by atoms with Crippen LogP contribution in [-0.4, -0.2) is 105 Å². The Labute approximate surface area is 312 Å². The summed E-state index contributed by atoms with van der Waals surface area (Å²) in [5, 5.41) is 16.0. The lowest BCUT2D eigenvalue weighted by Gasteiger charge is -2.69. The Hall–Kier alpha value is -4.86. The first-order valence-corrected chi connectivity index (χ1v) is 18.7. The fourth-order valence-corrected chi connectivity index (χ4v) is 9.71. The van der Waals surface area contributed by atoms with E-state index in [0.29, 0.717) is 72.3 Å². The summed E-state index contributed by atoms with van der Waals surface area (Å²) in [5.41, 5.74) is 6.46. The summed E-state index contributed by atoms with van der Waals surface area (Å²) < 4.78 is 20.8. The van der Waals surface area contributed by atoms with Crippen molar-refractivity contribution in [3.05, 3.63) is 78.0 Å². The maximum atomic E-state index is 15.4. The van der Waals surface area contributed by atoms with Gasteiger partial charge < -0.3 is 30.7 Å². The molecule has 0 radical (unpaired) electrons. The third kappa shape index (κ3) is 6.51. The number of likely N-dealkylation sites (tertiary alicyclic amines) is 1. The minimum atomic E-state index is -1.31. The molecule has 0 bridgehead atoms. The minimum Gasteiger partial charge on any atom is -0.501 e. The molecule has 3 amide bonds. The summed E-state index contributed by atoms with van der Waals surface area (Å²) >= 11 is 0. The smallest absolute Gasteiger partial charge is 0.245 e. The van der Waals surface area contributed by atoms with E-state index >= 15 is 4.39 Å². The number of fused-ring (bicyclic) bond motifs is 1. The van der Waals surface area contributed by atoms with Crippen LogP contribution in [0.5, 0.6) is 0 Å². The number of nitrogens with zero attached hydrogens (tertiary/aromatic N) is 6. The van der Waals surface area contributed by atoms with Crippen molar-refractivity contribution in [2.45, 2.75) is 67.9 Å². The number of aromatic nitrogens is 4. The monoisotopic (exact) mass is 739 g/mol. The molecule has 4 unspecified atom stereocenters. The van der Waals surface area contributed by atoms with Gasteiger partial charge in [0.25, 0.3) is 0 Å². The normalized spacial score (nSPS) is 28.3. The summed E-state index contributed by atoms with van der Waals surface area (Å²) in [4.78, 5) is 60.8. The summed E-state index contributed by atoms with van der Waals surface area (Å²) in [6.45, 7) is 3.75. The first-order valence-electron chi connectivity index (χ1n) is 18.7. The van der Waals surface area contributed by atoms with Gasteiger partial charge in [-0.25, -0.2) is 24.3 Å². The number of aliphatic hydroxyl groups is 1. The number of hydrogen-bond acceptors (Lipinski definition) is 12. The number of halogens is 1. The standard InChI is InChI=1S/C39H46FN9O5/c1-54-26-3-2-10-38(41,18-26)36(53)47-39(11-16-50)21-37(32(39)34-44-19-29-33(46-34)43-13-12-42-29)22-48(23-37)20-24-8-14-49(15-9-24)30-6-4-25(17-28(30)40)27-5-7-31(51)45-35(27)52/h2-4,6,10,12-13,17,19,24,27,32,50H,5,7-9,11,14-16,18,20-23,41H2,1H3,(H,47,53)(H,45,51,52). The lowest BCUT2D eigenvalue weighted by molar-refractivity contribution is -0.162. The molecule has 5 aliphatic rings. The third-order valence-electron chi connectivity index (χ3n) is 12.2. The van der Waals surface area contributed by atoms with Gasteiger partial charge in [0, 0.05) is 70.0 Å². The molecular weight excluding hydrogens is 693 g/mol. The molecule has 4 atom stereocenters. The van der Waals surface area contributed by atoms with Gasteiger partial charge in [-0.2, -0.15) is 0 Å². The van der Waals surface area contributed by atoms with E-state index in [4.69, 9.17) is 20.4 Å². The van der Waals surface area contributed by atoms with Crippen LogP contribution in [0.3, 0.4) is 0 Å². The van der Waals surface area contributed by atoms with Gasteiger partial charge in [0.2, 0.25) is 17.7 Å². The highest BCUT2D eigenvalue weighted by atomic mass is 19.1. The van der Waals surface area contributed by atoms with Gasteiger partial charge in [-0.05, 0) is 61.8 Å². The fraction of sp³-hybridized carbons (Fsp3) is 0.513. The molecule has 8 rings (SSSR count). The van der Waals surface area contributed by atoms with Crippen molar-refractivity contribution in [2.24, 2.45) is 17.1 Å². The van der Waals surface area contributed by atoms with E-state index < -0.39 is 17.0 Å². The van der Waals surface area contributed by atoms with Crippen LogP contribution in [0.1, 0.15) is 68.2 Å². The maximum Gasteiger partial charge on any atom is 0.245 e. The van der Waals surface area contributed by atoms with Crippen LogP contribution in [-0.2, 0) is 19.1 Å². The predicted molar refractivity (Wildman–Crippen MR) is 196 cm³/mol. The van der Waals surface area contributed by atoms with Gasteiger partial charge in [-0.15, -0.1) is 0 Å². The second-order valence-electron chi connectivity index (χ2n) is 15.8. The molecule has 3 aromatic rings. The molecule has 14 nitrogen and oxygen atoms in total. The van der Waals surface area contributed by atoms with Crippen molar-refractivity contribution >= 4 is 34.6 Å². The Morgan fingerprint density at radius 1 is 1.15 bits per heavy atom. The molecule has 2 aliphatic carbocycles. The van der Waals surface area contributed by atoms with Gasteiger partial charge in [0.1, 0.15) is 22.7 Å². The Morgan fingerprint density at radius 3 is 2.69 bits per heavy atom. The quantitative estimate of drug-likeness (QED) is 0.222. The number of hydrogen-bond donors (Lipinski definition) is 4. The van der Waals surface area contributed by atoms with E-state index in [-0.39, 0.29) is 54.3 Å². The molecule has 4 fully saturated rings. The Kier molecular flexibility index (Phi) is 9.43. The largest absolute Gasteiger partial charge is 0.501 e. The zero-order chi connectivity index (χ0) is 37.7. The summed E-state index contributed by atoms with van der Waals surface area (Å²) in [5.74, 6) is -0.591. The molecule has 1 spiro atoms. The molecule has 15 heteroatoms. The highest BCUT2D eigenvalue weighted by Gasteiger charge is 2.69. The number of amides is 3. The first-order chi connectivity index (χ1) is 26.0. The molecule has 284 valence electrons. The Bertz CT molecular complexity index is 2030. The molecular formula is C39H46FN9O5. The average Bonchev–Trinajstić information content (AvgIpc) is 3.14. The van der Waals surface area contributed by atoms with E-state index in [1.165, 1.54) is 6.07 Å². The fourth-order valence-electron chi connectivity index (χ4n) is 9.71. The van der Waals surface area contributed by atoms with Crippen molar-refractivity contribution < 1.29 is 28.6 Å². The van der Waals surface area contributed by atoms with Crippen molar-refractivity contribution in [1.29, 1.82) is 0 Å². The van der Waals surface area contributed by atoms with Crippen molar-refractivity contribution in [1.82, 2.24) is 35.5 Å². The number of piperidine rings is 2. The lowest BCUT2D eigenvalue weighted by atomic mass is 9.44. The van der Waals surface area contributed by atoms with Crippen LogP contribution >= 0.6 is 0 Å². The number of carbonyl (C=O) groups is 3. The van der Waals surface area contributed by atoms with E-state index in [0.717, 1.165) is 32.5 Å². The van der Waals surface area contributed by atoms with Crippen molar-refractivity contribution in [3.63, 3.8) is 0 Å². The number of anilines is 1. The molecule has 3 aliphatic heterocycles.